The van der Waals surface area contributed by atoms with Gasteiger partial charge in [-0.05, 0) is 38.1 Å². The van der Waals surface area contributed by atoms with Gasteiger partial charge < -0.3 is 10.2 Å². The first-order chi connectivity index (χ1) is 8.24. The van der Waals surface area contributed by atoms with E-state index in [0.29, 0.717) is 5.96 Å². The minimum atomic E-state index is 0.542. The molecule has 1 rings (SSSR count). The predicted molar refractivity (Wildman–Crippen MR) is 74.3 cm³/mol. The molecule has 0 atom stereocenters. The first kappa shape index (κ1) is 13.3. The Morgan fingerprint density at radius 2 is 1.82 bits per heavy atom. The van der Waals surface area contributed by atoms with Gasteiger partial charge in [0, 0.05) is 31.5 Å². The molecule has 0 bridgehead atoms. The summed E-state index contributed by atoms with van der Waals surface area (Å²) in [5, 5.41) is 3.08. The summed E-state index contributed by atoms with van der Waals surface area (Å²) in [5.41, 5.74) is 4.66. The summed E-state index contributed by atoms with van der Waals surface area (Å²) in [7, 11) is 1.67. The lowest BCUT2D eigenvalue weighted by Crippen LogP contribution is -2.36. The molecular weight excluding hydrogens is 214 g/mol. The van der Waals surface area contributed by atoms with Crippen molar-refractivity contribution in [3.63, 3.8) is 0 Å². The number of anilines is 2. The molecule has 94 valence electrons. The molecule has 0 aliphatic heterocycles. The van der Waals surface area contributed by atoms with Crippen LogP contribution in [0.1, 0.15) is 13.8 Å². The monoisotopic (exact) mass is 235 g/mol. The molecule has 0 saturated heterocycles. The average molecular weight is 235 g/mol. The Kier molecular flexibility index (Phi) is 5.29. The minimum Gasteiger partial charge on any atom is -0.372 e. The molecule has 0 aliphatic rings. The second kappa shape index (κ2) is 6.75. The molecule has 1 aromatic carbocycles. The summed E-state index contributed by atoms with van der Waals surface area (Å²) in [6, 6.07) is 8.19. The van der Waals surface area contributed by atoms with Gasteiger partial charge in [0.1, 0.15) is 0 Å². The number of nitrogens with two attached hydrogens (primary N) is 1. The third-order valence-electron chi connectivity index (χ3n) is 2.62. The van der Waals surface area contributed by atoms with Crippen LogP contribution in [0.5, 0.6) is 0 Å². The molecule has 0 unspecified atom stereocenters. The fraction of sp³-hybridized carbons (Fsp3) is 0.417. The molecule has 0 spiro atoms. The normalized spacial score (nSPS) is 11.2. The van der Waals surface area contributed by atoms with E-state index in [0.717, 1.165) is 18.8 Å². The molecule has 0 aromatic heterocycles. The lowest BCUT2D eigenvalue weighted by atomic mass is 10.2. The van der Waals surface area contributed by atoms with Crippen LogP contribution in [0, 0.1) is 0 Å². The predicted octanol–water partition coefficient (Wildman–Crippen LogP) is 1.39. The first-order valence-electron chi connectivity index (χ1n) is 5.80. The molecular formula is C12H21N5. The van der Waals surface area contributed by atoms with E-state index in [1.54, 1.807) is 7.05 Å². The molecule has 17 heavy (non-hydrogen) atoms. The zero-order valence-corrected chi connectivity index (χ0v) is 10.7. The second-order valence-electron chi connectivity index (χ2n) is 3.56. The van der Waals surface area contributed by atoms with Crippen LogP contribution < -0.4 is 21.5 Å². The van der Waals surface area contributed by atoms with Crippen molar-refractivity contribution in [3.8, 4) is 0 Å². The van der Waals surface area contributed by atoms with Crippen LogP contribution in [0.15, 0.2) is 29.3 Å². The topological polar surface area (TPSA) is 65.7 Å². The fourth-order valence-corrected chi connectivity index (χ4v) is 1.64. The van der Waals surface area contributed by atoms with E-state index in [9.17, 15) is 0 Å². The molecule has 0 radical (unpaired) electrons. The van der Waals surface area contributed by atoms with Crippen molar-refractivity contribution in [2.24, 2.45) is 10.8 Å². The Balaban J connectivity index is 2.74. The number of hydrogen-bond donors (Lipinski definition) is 3. The summed E-state index contributed by atoms with van der Waals surface area (Å²) in [5.74, 6) is 5.84. The molecule has 0 heterocycles. The highest BCUT2D eigenvalue weighted by molar-refractivity contribution is 5.93. The molecule has 5 nitrogen and oxygen atoms in total. The van der Waals surface area contributed by atoms with Crippen LogP contribution in [-0.2, 0) is 0 Å². The van der Waals surface area contributed by atoms with Gasteiger partial charge in [-0.1, -0.05) is 0 Å². The summed E-state index contributed by atoms with van der Waals surface area (Å²) in [6.07, 6.45) is 0. The zero-order chi connectivity index (χ0) is 12.7. The van der Waals surface area contributed by atoms with E-state index in [1.807, 2.05) is 12.1 Å². The maximum absolute atomic E-state index is 5.30. The standard InChI is InChI=1S/C12H21N5/c1-4-17(5-2)11-8-6-10(7-9-11)15-12(14-3)16-13/h6-9H,4-5,13H2,1-3H3,(H2,14,15,16). The number of nitrogens with zero attached hydrogens (tertiary/aromatic N) is 2. The molecule has 1 aromatic rings. The maximum Gasteiger partial charge on any atom is 0.209 e. The van der Waals surface area contributed by atoms with Crippen LogP contribution >= 0.6 is 0 Å². The van der Waals surface area contributed by atoms with Crippen molar-refractivity contribution in [3.05, 3.63) is 24.3 Å². The second-order valence-corrected chi connectivity index (χ2v) is 3.56. The number of rotatable bonds is 4. The van der Waals surface area contributed by atoms with E-state index < -0.39 is 0 Å². The van der Waals surface area contributed by atoms with Gasteiger partial charge in [0.2, 0.25) is 5.96 Å². The van der Waals surface area contributed by atoms with Crippen LogP contribution in [-0.4, -0.2) is 26.1 Å². The number of guanidine groups is 1. The lowest BCUT2D eigenvalue weighted by molar-refractivity contribution is 0.866. The fourth-order valence-electron chi connectivity index (χ4n) is 1.64. The lowest BCUT2D eigenvalue weighted by Gasteiger charge is -2.21. The van der Waals surface area contributed by atoms with Gasteiger partial charge in [0.05, 0.1) is 0 Å². The van der Waals surface area contributed by atoms with Crippen molar-refractivity contribution in [1.82, 2.24) is 5.43 Å². The summed E-state index contributed by atoms with van der Waals surface area (Å²) in [4.78, 5) is 6.24. The van der Waals surface area contributed by atoms with Crippen LogP contribution in [0.25, 0.3) is 0 Å². The van der Waals surface area contributed by atoms with E-state index in [2.05, 4.69) is 46.6 Å². The van der Waals surface area contributed by atoms with Crippen molar-refractivity contribution >= 4 is 17.3 Å². The maximum atomic E-state index is 5.30. The van der Waals surface area contributed by atoms with E-state index >= 15 is 0 Å². The quantitative estimate of drug-likeness (QED) is 0.319. The molecule has 0 fully saturated rings. The van der Waals surface area contributed by atoms with Crippen molar-refractivity contribution in [2.45, 2.75) is 13.8 Å². The highest BCUT2D eigenvalue weighted by Crippen LogP contribution is 2.17. The SMILES string of the molecule is CCN(CC)c1ccc(NC(=NC)NN)cc1. The Morgan fingerprint density at radius 3 is 2.24 bits per heavy atom. The highest BCUT2D eigenvalue weighted by Gasteiger charge is 2.02. The molecule has 0 aliphatic carbocycles. The smallest absolute Gasteiger partial charge is 0.209 e. The number of aliphatic imine (C=N–C) groups is 1. The van der Waals surface area contributed by atoms with Gasteiger partial charge in [-0.15, -0.1) is 0 Å². The van der Waals surface area contributed by atoms with Crippen LogP contribution in [0.4, 0.5) is 11.4 Å². The van der Waals surface area contributed by atoms with Gasteiger partial charge in [0.25, 0.3) is 0 Å². The van der Waals surface area contributed by atoms with Crippen LogP contribution in [0.3, 0.4) is 0 Å². The largest absolute Gasteiger partial charge is 0.372 e. The number of hydrazine groups is 1. The third-order valence-corrected chi connectivity index (χ3v) is 2.62. The van der Waals surface area contributed by atoms with E-state index in [-0.39, 0.29) is 0 Å². The zero-order valence-electron chi connectivity index (χ0n) is 10.7. The number of nitrogens with one attached hydrogen (secondary N) is 2. The summed E-state index contributed by atoms with van der Waals surface area (Å²) in [6.45, 7) is 6.32. The Morgan fingerprint density at radius 1 is 1.24 bits per heavy atom. The Hall–Kier alpha value is -1.75. The molecule has 0 amide bonds. The van der Waals surface area contributed by atoms with Gasteiger partial charge in [-0.25, -0.2) is 5.84 Å². The summed E-state index contributed by atoms with van der Waals surface area (Å²) < 4.78 is 0. The highest BCUT2D eigenvalue weighted by atomic mass is 15.3. The van der Waals surface area contributed by atoms with E-state index in [4.69, 9.17) is 5.84 Å². The van der Waals surface area contributed by atoms with Gasteiger partial charge >= 0.3 is 0 Å². The van der Waals surface area contributed by atoms with Gasteiger partial charge in [0.15, 0.2) is 0 Å². The average Bonchev–Trinajstić information content (AvgIpc) is 2.39. The minimum absolute atomic E-state index is 0.542. The van der Waals surface area contributed by atoms with Crippen molar-refractivity contribution in [1.29, 1.82) is 0 Å². The van der Waals surface area contributed by atoms with Gasteiger partial charge in [-0.2, -0.15) is 0 Å². The van der Waals surface area contributed by atoms with E-state index in [1.165, 1.54) is 5.69 Å². The number of benzene rings is 1. The third kappa shape index (κ3) is 3.64. The molecule has 5 heteroatoms. The van der Waals surface area contributed by atoms with Gasteiger partial charge in [-0.3, -0.25) is 10.4 Å². The van der Waals surface area contributed by atoms with Crippen molar-refractivity contribution in [2.75, 3.05) is 30.4 Å². The van der Waals surface area contributed by atoms with Crippen molar-refractivity contribution < 1.29 is 0 Å². The first-order valence-corrected chi connectivity index (χ1v) is 5.80. The molecule has 0 saturated carbocycles. The summed E-state index contributed by atoms with van der Waals surface area (Å²) >= 11 is 0. The Labute approximate surface area is 103 Å². The van der Waals surface area contributed by atoms with Crippen LogP contribution in [0.2, 0.25) is 0 Å². The Bertz CT molecular complexity index is 354. The number of hydrogen-bond acceptors (Lipinski definition) is 3. The molecule has 4 N–H and O–H groups in total.